The lowest BCUT2D eigenvalue weighted by Crippen LogP contribution is -2.35. The normalized spacial score (nSPS) is 21.5. The van der Waals surface area contributed by atoms with Gasteiger partial charge >= 0.3 is 18.0 Å². The van der Waals surface area contributed by atoms with Crippen molar-refractivity contribution in [3.63, 3.8) is 0 Å². The van der Waals surface area contributed by atoms with E-state index in [9.17, 15) is 19.2 Å². The van der Waals surface area contributed by atoms with Crippen LogP contribution in [-0.2, 0) is 23.7 Å². The third-order valence-corrected chi connectivity index (χ3v) is 4.03. The zero-order valence-corrected chi connectivity index (χ0v) is 18.8. The van der Waals surface area contributed by atoms with E-state index in [-0.39, 0.29) is 13.0 Å². The molecule has 31 heavy (non-hydrogen) atoms. The largest absolute Gasteiger partial charge is 0.509 e. The van der Waals surface area contributed by atoms with E-state index in [0.717, 1.165) is 0 Å². The van der Waals surface area contributed by atoms with Gasteiger partial charge in [0.25, 0.3) is 5.56 Å². The van der Waals surface area contributed by atoms with Crippen molar-refractivity contribution in [2.45, 2.75) is 84.5 Å². The Hall–Kier alpha value is -2.82. The minimum Gasteiger partial charge on any atom is -0.431 e. The zero-order valence-electron chi connectivity index (χ0n) is 18.8. The van der Waals surface area contributed by atoms with Crippen LogP contribution < -0.4 is 11.2 Å². The van der Waals surface area contributed by atoms with Gasteiger partial charge in [-0.05, 0) is 48.5 Å². The Morgan fingerprint density at radius 2 is 1.68 bits per heavy atom. The van der Waals surface area contributed by atoms with Crippen LogP contribution in [0.15, 0.2) is 15.8 Å². The fourth-order valence-corrected chi connectivity index (χ4v) is 2.77. The third kappa shape index (κ3) is 7.42. The van der Waals surface area contributed by atoms with E-state index in [1.807, 2.05) is 0 Å². The summed E-state index contributed by atoms with van der Waals surface area (Å²) in [5.74, 6) is 0. The number of rotatable bonds is 4. The third-order valence-electron chi connectivity index (χ3n) is 4.03. The van der Waals surface area contributed by atoms with Gasteiger partial charge in [-0.25, -0.2) is 14.4 Å². The second-order valence-corrected chi connectivity index (χ2v) is 9.24. The van der Waals surface area contributed by atoms with Gasteiger partial charge in [-0.2, -0.15) is 0 Å². The molecular weight excluding hydrogens is 412 g/mol. The molecule has 0 amide bonds. The van der Waals surface area contributed by atoms with Crippen LogP contribution in [-0.4, -0.2) is 51.9 Å². The van der Waals surface area contributed by atoms with Crippen molar-refractivity contribution in [3.05, 3.63) is 32.6 Å². The number of hydrogen-bond donors (Lipinski definition) is 1. The van der Waals surface area contributed by atoms with E-state index in [1.165, 1.54) is 10.8 Å². The first-order valence-electron chi connectivity index (χ1n) is 9.87. The second kappa shape index (κ2) is 9.13. The van der Waals surface area contributed by atoms with Crippen LogP contribution in [0.5, 0.6) is 0 Å². The fourth-order valence-electron chi connectivity index (χ4n) is 2.77. The smallest absolute Gasteiger partial charge is 0.431 e. The van der Waals surface area contributed by atoms with Crippen LogP contribution in [0, 0.1) is 6.92 Å². The Balaban J connectivity index is 2.17. The fraction of sp³-hybridized carbons (Fsp3) is 0.700. The summed E-state index contributed by atoms with van der Waals surface area (Å²) in [5.41, 5.74) is -2.40. The molecule has 1 unspecified atom stereocenters. The van der Waals surface area contributed by atoms with E-state index >= 15 is 0 Å². The first-order valence-corrected chi connectivity index (χ1v) is 9.87. The van der Waals surface area contributed by atoms with Gasteiger partial charge in [0.05, 0.1) is 0 Å². The van der Waals surface area contributed by atoms with Crippen molar-refractivity contribution >= 4 is 12.3 Å². The summed E-state index contributed by atoms with van der Waals surface area (Å²) < 4.78 is 27.8. The highest BCUT2D eigenvalue weighted by Crippen LogP contribution is 2.31. The minimum absolute atomic E-state index is 0.0764. The first-order chi connectivity index (χ1) is 14.1. The van der Waals surface area contributed by atoms with Crippen molar-refractivity contribution in [1.29, 1.82) is 0 Å². The summed E-state index contributed by atoms with van der Waals surface area (Å²) in [7, 11) is 0. The molecule has 174 valence electrons. The zero-order chi connectivity index (χ0) is 23.6. The van der Waals surface area contributed by atoms with Gasteiger partial charge in [0.1, 0.15) is 36.2 Å². The molecule has 11 nitrogen and oxygen atoms in total. The maximum Gasteiger partial charge on any atom is 0.509 e. The summed E-state index contributed by atoms with van der Waals surface area (Å²) in [5, 5.41) is 0. The van der Waals surface area contributed by atoms with Crippen molar-refractivity contribution in [2.75, 3.05) is 6.61 Å². The quantitative estimate of drug-likeness (QED) is 0.697. The van der Waals surface area contributed by atoms with Gasteiger partial charge in [-0.3, -0.25) is 14.3 Å². The van der Waals surface area contributed by atoms with Crippen LogP contribution in [0.3, 0.4) is 0 Å². The molecule has 0 bridgehead atoms. The highest BCUT2D eigenvalue weighted by atomic mass is 16.8. The van der Waals surface area contributed by atoms with E-state index in [0.29, 0.717) is 5.56 Å². The molecule has 11 heteroatoms. The molecule has 0 saturated carbocycles. The van der Waals surface area contributed by atoms with Crippen molar-refractivity contribution < 1.29 is 33.3 Å². The maximum absolute atomic E-state index is 12.2. The molecule has 1 aliphatic heterocycles. The number of carbonyl (C=O) groups excluding carboxylic acids is 2. The summed E-state index contributed by atoms with van der Waals surface area (Å²) in [4.78, 5) is 50.1. The van der Waals surface area contributed by atoms with Crippen LogP contribution in [0.1, 0.15) is 59.8 Å². The number of nitrogens with one attached hydrogen (secondary N) is 1. The lowest BCUT2D eigenvalue weighted by molar-refractivity contribution is -0.0822. The number of nitrogens with zero attached hydrogens (tertiary/aromatic N) is 1. The predicted octanol–water partition coefficient (Wildman–Crippen LogP) is 2.40. The number of aromatic nitrogens is 2. The first kappa shape index (κ1) is 24.4. The Bertz CT molecular complexity index is 920. The molecule has 2 heterocycles. The number of aryl methyl sites for hydroxylation is 1. The van der Waals surface area contributed by atoms with Gasteiger partial charge in [-0.15, -0.1) is 0 Å². The molecule has 0 aliphatic carbocycles. The van der Waals surface area contributed by atoms with Crippen LogP contribution in [0.25, 0.3) is 0 Å². The van der Waals surface area contributed by atoms with Crippen LogP contribution in [0.2, 0.25) is 0 Å². The van der Waals surface area contributed by atoms with Gasteiger partial charge in [0.15, 0.2) is 0 Å². The van der Waals surface area contributed by atoms with Gasteiger partial charge in [0.2, 0.25) is 0 Å². The number of H-pyrrole nitrogens is 1. The SMILES string of the molecule is Cc1cn(C2C[C@H](OC(=O)OC(C)(C)C)[C@@H](COC(=O)OC(C)(C)C)O2)c(=O)[nH]c1=O. The molecule has 3 atom stereocenters. The summed E-state index contributed by atoms with van der Waals surface area (Å²) in [6, 6.07) is 0. The molecule has 2 rings (SSSR count). The van der Waals surface area contributed by atoms with Gasteiger partial charge in [-0.1, -0.05) is 0 Å². The molecule has 1 fully saturated rings. The molecule has 1 saturated heterocycles. The van der Waals surface area contributed by atoms with E-state index < -0.39 is 53.2 Å². The molecule has 0 aromatic carbocycles. The predicted molar refractivity (Wildman–Crippen MR) is 108 cm³/mol. The van der Waals surface area contributed by atoms with Crippen molar-refractivity contribution in [2.24, 2.45) is 0 Å². The second-order valence-electron chi connectivity index (χ2n) is 9.24. The lowest BCUT2D eigenvalue weighted by atomic mass is 10.2. The number of aromatic amines is 1. The summed E-state index contributed by atoms with van der Waals surface area (Å²) in [6.07, 6.45) is -3.02. The Labute approximate surface area is 179 Å². The molecule has 1 aromatic rings. The lowest BCUT2D eigenvalue weighted by Gasteiger charge is -2.23. The van der Waals surface area contributed by atoms with E-state index in [1.54, 1.807) is 48.5 Å². The highest BCUT2D eigenvalue weighted by Gasteiger charge is 2.41. The minimum atomic E-state index is -0.922. The molecule has 1 aromatic heterocycles. The van der Waals surface area contributed by atoms with E-state index in [2.05, 4.69) is 4.98 Å². The molecule has 1 N–H and O–H groups in total. The van der Waals surface area contributed by atoms with Crippen molar-refractivity contribution in [3.8, 4) is 0 Å². The topological polar surface area (TPSA) is 135 Å². The summed E-state index contributed by atoms with van der Waals surface area (Å²) in [6.45, 7) is 11.4. The monoisotopic (exact) mass is 442 g/mol. The van der Waals surface area contributed by atoms with Crippen LogP contribution in [0.4, 0.5) is 9.59 Å². The Morgan fingerprint density at radius 3 is 2.26 bits per heavy atom. The number of hydrogen-bond acceptors (Lipinski definition) is 9. The standard InChI is InChI=1S/C20H30N2O9/c1-11-9-22(16(24)21-15(11)23)14-8-12(29-18(26)31-20(5,6)7)13(28-14)10-27-17(25)30-19(2,3)4/h9,12-14H,8,10H2,1-7H3,(H,21,23,24)/t12-,13+,14?/m0/s1. The highest BCUT2D eigenvalue weighted by molar-refractivity contribution is 5.61. The average Bonchev–Trinajstić information content (AvgIpc) is 2.95. The van der Waals surface area contributed by atoms with Crippen molar-refractivity contribution in [1.82, 2.24) is 9.55 Å². The molecule has 0 spiro atoms. The maximum atomic E-state index is 12.2. The average molecular weight is 442 g/mol. The van der Waals surface area contributed by atoms with Gasteiger partial charge in [0, 0.05) is 18.2 Å². The number of ether oxygens (including phenoxy) is 5. The van der Waals surface area contributed by atoms with Crippen LogP contribution >= 0.6 is 0 Å². The van der Waals surface area contributed by atoms with Gasteiger partial charge < -0.3 is 23.7 Å². The number of carbonyl (C=O) groups is 2. The molecule has 1 aliphatic rings. The molecule has 0 radical (unpaired) electrons. The van der Waals surface area contributed by atoms with E-state index in [4.69, 9.17) is 23.7 Å². The Morgan fingerprint density at radius 1 is 1.10 bits per heavy atom. The summed E-state index contributed by atoms with van der Waals surface area (Å²) >= 11 is 0. The molecular formula is C20H30N2O9. The Kier molecular flexibility index (Phi) is 7.20.